The van der Waals surface area contributed by atoms with Gasteiger partial charge in [0.2, 0.25) is 0 Å². The zero-order valence-electron chi connectivity index (χ0n) is 42.1. The van der Waals surface area contributed by atoms with Crippen molar-refractivity contribution in [3.05, 3.63) is 122 Å². The molecule has 3 N–H and O–H groups in total. The Hall–Kier alpha value is -3.59. The summed E-state index contributed by atoms with van der Waals surface area (Å²) < 4.78 is 32.9. The summed E-state index contributed by atoms with van der Waals surface area (Å²) in [6.07, 6.45) is 71.1. The summed E-state index contributed by atoms with van der Waals surface area (Å²) >= 11 is 0. The molecule has 380 valence electrons. The van der Waals surface area contributed by atoms with E-state index in [1.165, 1.54) is 64.2 Å². The second-order valence-electron chi connectivity index (χ2n) is 16.6. The number of unbranched alkanes of at least 4 members (excludes halogenated alkanes) is 14. The third-order valence-electron chi connectivity index (χ3n) is 10.3. The zero-order chi connectivity index (χ0) is 48.8. The number of carbonyl (C=O) groups excluding carboxylic acids is 2. The average Bonchev–Trinajstić information content (AvgIpc) is 3.32. The molecule has 0 rings (SSSR count). The standard InChI is InChI=1S/C57H94NO8P/c1-3-5-7-9-11-13-15-17-19-21-22-23-24-25-26-27-28-29-30-31-32-34-36-38-40-42-44-46-48-50-57(60)66-55(54-65-67(61,62)64-52-51-58)53-63-56(59)49-47-45-43-41-39-37-35-33-20-18-16-14-12-10-8-6-4-2/h5-8,11-14,17-20,22-23,25-26,35,37,41,43,55H,3-4,9-10,15-16,21,24,27-34,36,38-40,42,44-54,58H2,1-2H3,(H,61,62)/b7-5-,8-6-,13-11-,14-12-,19-17-,20-18-,23-22-,26-25-,37-35-,43-41-. The van der Waals surface area contributed by atoms with Crippen molar-refractivity contribution in [2.75, 3.05) is 26.4 Å². The summed E-state index contributed by atoms with van der Waals surface area (Å²) in [5, 5.41) is 0. The largest absolute Gasteiger partial charge is 0.472 e. The van der Waals surface area contributed by atoms with Gasteiger partial charge in [0.15, 0.2) is 6.10 Å². The van der Waals surface area contributed by atoms with Crippen LogP contribution < -0.4 is 5.73 Å². The highest BCUT2D eigenvalue weighted by Crippen LogP contribution is 2.43. The molecule has 2 unspecified atom stereocenters. The molecule has 2 atom stereocenters. The van der Waals surface area contributed by atoms with Crippen LogP contribution in [0.3, 0.4) is 0 Å². The molecule has 0 amide bonds. The average molecular weight is 952 g/mol. The lowest BCUT2D eigenvalue weighted by Gasteiger charge is -2.19. The molecule has 0 spiro atoms. The van der Waals surface area contributed by atoms with Crippen LogP contribution in [-0.4, -0.2) is 49.3 Å². The van der Waals surface area contributed by atoms with Gasteiger partial charge in [0.25, 0.3) is 0 Å². The van der Waals surface area contributed by atoms with Gasteiger partial charge in [-0.15, -0.1) is 0 Å². The van der Waals surface area contributed by atoms with Crippen molar-refractivity contribution in [3.63, 3.8) is 0 Å². The van der Waals surface area contributed by atoms with Gasteiger partial charge < -0.3 is 20.1 Å². The maximum atomic E-state index is 12.7. The Labute approximate surface area is 409 Å². The first-order valence-electron chi connectivity index (χ1n) is 26.0. The van der Waals surface area contributed by atoms with Crippen molar-refractivity contribution in [2.45, 2.75) is 200 Å². The maximum absolute atomic E-state index is 12.7. The highest BCUT2D eigenvalue weighted by molar-refractivity contribution is 7.47. The lowest BCUT2D eigenvalue weighted by Crippen LogP contribution is -2.29. The zero-order valence-corrected chi connectivity index (χ0v) is 43.0. The van der Waals surface area contributed by atoms with E-state index in [1.807, 2.05) is 6.08 Å². The molecule has 9 nitrogen and oxygen atoms in total. The minimum Gasteiger partial charge on any atom is -0.462 e. The molecular formula is C57H94NO8P. The smallest absolute Gasteiger partial charge is 0.462 e. The van der Waals surface area contributed by atoms with E-state index < -0.39 is 32.5 Å². The number of esters is 2. The third-order valence-corrected chi connectivity index (χ3v) is 11.3. The van der Waals surface area contributed by atoms with Crippen LogP contribution >= 0.6 is 7.82 Å². The molecule has 10 heteroatoms. The normalized spacial score (nSPS) is 14.1. The first-order valence-corrected chi connectivity index (χ1v) is 27.5. The molecule has 0 aromatic carbocycles. The molecule has 0 heterocycles. The lowest BCUT2D eigenvalue weighted by molar-refractivity contribution is -0.161. The summed E-state index contributed by atoms with van der Waals surface area (Å²) in [5.41, 5.74) is 5.36. The van der Waals surface area contributed by atoms with Gasteiger partial charge in [-0.1, -0.05) is 206 Å². The Balaban J connectivity index is 4.08. The maximum Gasteiger partial charge on any atom is 0.472 e. The Morgan fingerprint density at radius 3 is 1.19 bits per heavy atom. The van der Waals surface area contributed by atoms with E-state index >= 15 is 0 Å². The first-order chi connectivity index (χ1) is 32.8. The molecule has 0 bridgehead atoms. The first kappa shape index (κ1) is 63.4. The predicted octanol–water partition coefficient (Wildman–Crippen LogP) is 16.1. The number of rotatable bonds is 47. The van der Waals surface area contributed by atoms with E-state index in [-0.39, 0.29) is 32.6 Å². The van der Waals surface area contributed by atoms with Crippen molar-refractivity contribution >= 4 is 19.8 Å². The minimum atomic E-state index is -4.40. The highest BCUT2D eigenvalue weighted by atomic mass is 31.2. The number of phosphoric acid groups is 1. The molecule has 0 radical (unpaired) electrons. The predicted molar refractivity (Wildman–Crippen MR) is 284 cm³/mol. The molecule has 0 aliphatic carbocycles. The Kier molecular flexibility index (Phi) is 49.0. The van der Waals surface area contributed by atoms with Crippen molar-refractivity contribution in [2.24, 2.45) is 5.73 Å². The van der Waals surface area contributed by atoms with E-state index in [4.69, 9.17) is 24.3 Å². The van der Waals surface area contributed by atoms with Crippen molar-refractivity contribution < 1.29 is 37.6 Å². The summed E-state index contributed by atoms with van der Waals surface area (Å²) in [7, 11) is -4.40. The van der Waals surface area contributed by atoms with Gasteiger partial charge in [-0.25, -0.2) is 4.57 Å². The van der Waals surface area contributed by atoms with Crippen LogP contribution in [0.2, 0.25) is 0 Å². The number of hydrogen-bond acceptors (Lipinski definition) is 8. The van der Waals surface area contributed by atoms with Gasteiger partial charge in [0.1, 0.15) is 6.61 Å². The highest BCUT2D eigenvalue weighted by Gasteiger charge is 2.26. The van der Waals surface area contributed by atoms with E-state index in [9.17, 15) is 19.0 Å². The fraction of sp³-hybridized carbons (Fsp3) is 0.614. The monoisotopic (exact) mass is 952 g/mol. The molecule has 0 aliphatic heterocycles. The lowest BCUT2D eigenvalue weighted by atomic mass is 10.0. The summed E-state index contributed by atoms with van der Waals surface area (Å²) in [6.45, 7) is 3.43. The van der Waals surface area contributed by atoms with Crippen molar-refractivity contribution in [1.82, 2.24) is 0 Å². The van der Waals surface area contributed by atoms with Crippen LogP contribution in [0.15, 0.2) is 122 Å². The van der Waals surface area contributed by atoms with Crippen LogP contribution in [0, 0.1) is 0 Å². The molecule has 0 saturated heterocycles. The molecule has 0 fully saturated rings. The van der Waals surface area contributed by atoms with E-state index in [1.54, 1.807) is 0 Å². The fourth-order valence-electron chi connectivity index (χ4n) is 6.58. The second kappa shape index (κ2) is 51.8. The molecule has 0 aromatic rings. The summed E-state index contributed by atoms with van der Waals surface area (Å²) in [6, 6.07) is 0. The van der Waals surface area contributed by atoms with Gasteiger partial charge in [-0.2, -0.15) is 0 Å². The molecule has 0 aromatic heterocycles. The van der Waals surface area contributed by atoms with Crippen LogP contribution in [0.1, 0.15) is 194 Å². The minimum absolute atomic E-state index is 0.0396. The van der Waals surface area contributed by atoms with Crippen molar-refractivity contribution in [1.29, 1.82) is 0 Å². The number of ether oxygens (including phenoxy) is 2. The summed E-state index contributed by atoms with van der Waals surface area (Å²) in [5.74, 6) is -0.906. The number of phosphoric ester groups is 1. The summed E-state index contributed by atoms with van der Waals surface area (Å²) in [4.78, 5) is 35.0. The van der Waals surface area contributed by atoms with E-state index in [0.717, 1.165) is 89.9 Å². The second-order valence-corrected chi connectivity index (χ2v) is 18.1. The molecule has 67 heavy (non-hydrogen) atoms. The number of allylic oxidation sites excluding steroid dienone is 20. The van der Waals surface area contributed by atoms with Crippen LogP contribution in [0.5, 0.6) is 0 Å². The molecular weight excluding hydrogens is 858 g/mol. The van der Waals surface area contributed by atoms with E-state index in [0.29, 0.717) is 12.8 Å². The molecule has 0 saturated carbocycles. The van der Waals surface area contributed by atoms with Gasteiger partial charge in [0.05, 0.1) is 13.2 Å². The Bertz CT molecular complexity index is 1500. The Morgan fingerprint density at radius 2 is 0.791 bits per heavy atom. The molecule has 0 aliphatic rings. The Morgan fingerprint density at radius 1 is 0.448 bits per heavy atom. The van der Waals surface area contributed by atoms with Gasteiger partial charge in [-0.05, 0) is 96.3 Å². The number of hydrogen-bond donors (Lipinski definition) is 2. The number of carbonyl (C=O) groups is 2. The van der Waals surface area contributed by atoms with E-state index in [2.05, 4.69) is 129 Å². The van der Waals surface area contributed by atoms with Crippen LogP contribution in [0.25, 0.3) is 0 Å². The quantitative estimate of drug-likeness (QED) is 0.0265. The van der Waals surface area contributed by atoms with Gasteiger partial charge >= 0.3 is 19.8 Å². The van der Waals surface area contributed by atoms with Gasteiger partial charge in [-0.3, -0.25) is 18.6 Å². The fourth-order valence-corrected chi connectivity index (χ4v) is 7.34. The van der Waals surface area contributed by atoms with Crippen LogP contribution in [-0.2, 0) is 32.7 Å². The van der Waals surface area contributed by atoms with Crippen LogP contribution in [0.4, 0.5) is 0 Å². The SMILES string of the molecule is CC/C=C\C/C=C\C/C=C\C/C=C\C/C=C\CCCCCCCCCCCCCCCC(=O)OC(COC(=O)CCC/C=C\C/C=C\C/C=C\C/C=C\C/C=C\CC)COP(=O)(O)OCCN. The number of nitrogens with two attached hydrogens (primary N) is 1. The third kappa shape index (κ3) is 51.6. The van der Waals surface area contributed by atoms with Gasteiger partial charge in [0, 0.05) is 19.4 Å². The van der Waals surface area contributed by atoms with Crippen molar-refractivity contribution in [3.8, 4) is 0 Å². The topological polar surface area (TPSA) is 134 Å².